The molecule has 1 amide bonds. The molecule has 1 heterocycles. The van der Waals surface area contributed by atoms with E-state index in [4.69, 9.17) is 11.6 Å². The topological polar surface area (TPSA) is 78.1 Å². The van der Waals surface area contributed by atoms with E-state index in [1.807, 2.05) is 50.2 Å². The van der Waals surface area contributed by atoms with Crippen molar-refractivity contribution in [3.05, 3.63) is 69.5 Å². The first kappa shape index (κ1) is 25.0. The number of carbonyl (C=O) groups is 1. The van der Waals surface area contributed by atoms with Gasteiger partial charge in [0.1, 0.15) is 5.82 Å². The zero-order valence-electron chi connectivity index (χ0n) is 19.3. The molecule has 174 valence electrons. The summed E-state index contributed by atoms with van der Waals surface area (Å²) in [5.74, 6) is 0.270. The number of aromatic nitrogens is 2. The van der Waals surface area contributed by atoms with Gasteiger partial charge in [0.2, 0.25) is 5.91 Å². The highest BCUT2D eigenvalue weighted by atomic mass is 35.5. The van der Waals surface area contributed by atoms with Gasteiger partial charge in [-0.1, -0.05) is 57.5 Å². The lowest BCUT2D eigenvalue weighted by molar-refractivity contribution is -0.124. The van der Waals surface area contributed by atoms with Crippen LogP contribution in [0.25, 0.3) is 22.6 Å². The van der Waals surface area contributed by atoms with Crippen molar-refractivity contribution in [2.24, 2.45) is 5.92 Å². The smallest absolute Gasteiger partial charge is 0.251 e. The number of nitrogens with one attached hydrogen (secondary N) is 2. The fourth-order valence-electron chi connectivity index (χ4n) is 3.18. The van der Waals surface area contributed by atoms with Crippen LogP contribution in [0.1, 0.15) is 33.3 Å². The summed E-state index contributed by atoms with van der Waals surface area (Å²) in [5.41, 5.74) is 2.64. The Labute approximate surface area is 203 Å². The summed E-state index contributed by atoms with van der Waals surface area (Å²) in [4.78, 5) is 32.9. The summed E-state index contributed by atoms with van der Waals surface area (Å²) < 4.78 is 2.26. The summed E-state index contributed by atoms with van der Waals surface area (Å²) in [5, 5.41) is 3.36. The SMILES string of the molecule is CCN(CC)Sc1ccc(-c2cc(=O)[nH]c(-c3cc(CNC(=O)C(C)C)ccc3Cl)n2)cc1. The highest BCUT2D eigenvalue weighted by Crippen LogP contribution is 2.29. The third-order valence-electron chi connectivity index (χ3n) is 5.11. The van der Waals surface area contributed by atoms with Crippen molar-refractivity contribution in [2.45, 2.75) is 39.1 Å². The van der Waals surface area contributed by atoms with Gasteiger partial charge in [0.15, 0.2) is 0 Å². The van der Waals surface area contributed by atoms with E-state index >= 15 is 0 Å². The Morgan fingerprint density at radius 2 is 1.82 bits per heavy atom. The van der Waals surface area contributed by atoms with Crippen molar-refractivity contribution in [3.8, 4) is 22.6 Å². The highest BCUT2D eigenvalue weighted by Gasteiger charge is 2.12. The zero-order valence-corrected chi connectivity index (χ0v) is 20.9. The van der Waals surface area contributed by atoms with Gasteiger partial charge in [0, 0.05) is 47.6 Å². The van der Waals surface area contributed by atoms with E-state index in [2.05, 4.69) is 33.4 Å². The van der Waals surface area contributed by atoms with Crippen LogP contribution in [0, 0.1) is 5.92 Å². The van der Waals surface area contributed by atoms with Crippen LogP contribution in [-0.4, -0.2) is 33.3 Å². The second-order valence-electron chi connectivity index (χ2n) is 7.90. The molecule has 2 N–H and O–H groups in total. The van der Waals surface area contributed by atoms with E-state index in [0.29, 0.717) is 28.6 Å². The lowest BCUT2D eigenvalue weighted by Crippen LogP contribution is -2.27. The Morgan fingerprint density at radius 3 is 2.45 bits per heavy atom. The second kappa shape index (κ2) is 11.5. The first-order valence-electron chi connectivity index (χ1n) is 11.0. The maximum absolute atomic E-state index is 12.4. The summed E-state index contributed by atoms with van der Waals surface area (Å²) in [6, 6.07) is 14.9. The lowest BCUT2D eigenvalue weighted by atomic mass is 10.1. The Morgan fingerprint density at radius 1 is 1.12 bits per heavy atom. The van der Waals surface area contributed by atoms with Crippen LogP contribution >= 0.6 is 23.5 Å². The molecule has 0 spiro atoms. The van der Waals surface area contributed by atoms with Crippen LogP contribution in [0.2, 0.25) is 5.02 Å². The molecule has 0 radical (unpaired) electrons. The maximum Gasteiger partial charge on any atom is 0.251 e. The number of rotatable bonds is 9. The van der Waals surface area contributed by atoms with Gasteiger partial charge in [-0.3, -0.25) is 9.59 Å². The molecule has 1 aromatic heterocycles. The third-order valence-corrected chi connectivity index (χ3v) is 6.70. The standard InChI is InChI=1S/C25H29ClN4O2S/c1-5-30(6-2)33-19-10-8-18(9-11-19)22-14-23(31)29-24(28-22)20-13-17(7-12-21(20)26)15-27-25(32)16(3)4/h7-14,16H,5-6,15H2,1-4H3,(H,27,32)(H,28,29,31). The van der Waals surface area contributed by atoms with Gasteiger partial charge in [-0.25, -0.2) is 9.29 Å². The molecule has 0 unspecified atom stereocenters. The zero-order chi connectivity index (χ0) is 24.0. The molecule has 0 saturated carbocycles. The van der Waals surface area contributed by atoms with E-state index in [1.54, 1.807) is 18.0 Å². The molecule has 0 fully saturated rings. The minimum atomic E-state index is -0.258. The number of aromatic amines is 1. The van der Waals surface area contributed by atoms with Gasteiger partial charge >= 0.3 is 0 Å². The summed E-state index contributed by atoms with van der Waals surface area (Å²) >= 11 is 8.14. The lowest BCUT2D eigenvalue weighted by Gasteiger charge is -2.16. The van der Waals surface area contributed by atoms with E-state index in [-0.39, 0.29) is 17.4 Å². The van der Waals surface area contributed by atoms with Crippen molar-refractivity contribution in [3.63, 3.8) is 0 Å². The number of hydrogen-bond donors (Lipinski definition) is 2. The van der Waals surface area contributed by atoms with Crippen LogP contribution < -0.4 is 10.9 Å². The molecule has 0 saturated heterocycles. The summed E-state index contributed by atoms with van der Waals surface area (Å²) in [7, 11) is 0. The minimum Gasteiger partial charge on any atom is -0.352 e. The fraction of sp³-hybridized carbons (Fsp3) is 0.320. The van der Waals surface area contributed by atoms with Crippen LogP contribution in [0.5, 0.6) is 0 Å². The van der Waals surface area contributed by atoms with Gasteiger partial charge in [0.05, 0.1) is 10.7 Å². The predicted molar refractivity (Wildman–Crippen MR) is 136 cm³/mol. The normalized spacial score (nSPS) is 11.2. The van der Waals surface area contributed by atoms with Gasteiger partial charge in [0.25, 0.3) is 5.56 Å². The molecule has 3 aromatic rings. The molecule has 8 heteroatoms. The van der Waals surface area contributed by atoms with Crippen molar-refractivity contribution >= 4 is 29.5 Å². The molecule has 33 heavy (non-hydrogen) atoms. The number of benzene rings is 2. The van der Waals surface area contributed by atoms with Crippen LogP contribution in [0.3, 0.4) is 0 Å². The van der Waals surface area contributed by atoms with Gasteiger partial charge in [-0.05, 0) is 41.8 Å². The average molecular weight is 485 g/mol. The van der Waals surface area contributed by atoms with E-state index in [1.165, 1.54) is 6.07 Å². The number of carbonyl (C=O) groups excluding carboxylic acids is 1. The second-order valence-corrected chi connectivity index (χ2v) is 9.47. The molecule has 6 nitrogen and oxygen atoms in total. The van der Waals surface area contributed by atoms with E-state index < -0.39 is 0 Å². The number of H-pyrrole nitrogens is 1. The fourth-order valence-corrected chi connectivity index (χ4v) is 4.20. The molecule has 0 atom stereocenters. The molecule has 0 aliphatic heterocycles. The van der Waals surface area contributed by atoms with Gasteiger partial charge < -0.3 is 10.3 Å². The van der Waals surface area contributed by atoms with Crippen molar-refractivity contribution in [2.75, 3.05) is 13.1 Å². The van der Waals surface area contributed by atoms with Crippen molar-refractivity contribution in [1.82, 2.24) is 19.6 Å². The first-order chi connectivity index (χ1) is 15.8. The maximum atomic E-state index is 12.4. The Bertz CT molecular complexity index is 1160. The Kier molecular flexibility index (Phi) is 8.72. The molecule has 3 rings (SSSR count). The number of hydrogen-bond acceptors (Lipinski definition) is 5. The summed E-state index contributed by atoms with van der Waals surface area (Å²) in [6.45, 7) is 10.2. The van der Waals surface area contributed by atoms with Crippen molar-refractivity contribution in [1.29, 1.82) is 0 Å². The summed E-state index contributed by atoms with van der Waals surface area (Å²) in [6.07, 6.45) is 0. The van der Waals surface area contributed by atoms with Crippen LogP contribution in [0.15, 0.2) is 58.2 Å². The minimum absolute atomic E-state index is 0.0253. The predicted octanol–water partition coefficient (Wildman–Crippen LogP) is 5.38. The van der Waals surface area contributed by atoms with Crippen molar-refractivity contribution < 1.29 is 4.79 Å². The highest BCUT2D eigenvalue weighted by molar-refractivity contribution is 7.97. The molecule has 0 aliphatic rings. The Hall–Kier alpha value is -2.61. The van der Waals surface area contributed by atoms with Crippen LogP contribution in [0.4, 0.5) is 0 Å². The van der Waals surface area contributed by atoms with Gasteiger partial charge in [-0.2, -0.15) is 0 Å². The number of nitrogens with zero attached hydrogens (tertiary/aromatic N) is 2. The first-order valence-corrected chi connectivity index (χ1v) is 12.2. The third kappa shape index (κ3) is 6.69. The Balaban J connectivity index is 1.88. The van der Waals surface area contributed by atoms with Crippen LogP contribution in [-0.2, 0) is 11.3 Å². The molecule has 2 aromatic carbocycles. The molecular formula is C25H29ClN4O2S. The average Bonchev–Trinajstić information content (AvgIpc) is 2.81. The molecular weight excluding hydrogens is 456 g/mol. The van der Waals surface area contributed by atoms with Gasteiger partial charge in [-0.15, -0.1) is 0 Å². The number of halogens is 1. The quantitative estimate of drug-likeness (QED) is 0.399. The number of amides is 1. The largest absolute Gasteiger partial charge is 0.352 e. The molecule has 0 aliphatic carbocycles. The molecule has 0 bridgehead atoms. The van der Waals surface area contributed by atoms with E-state index in [0.717, 1.165) is 29.1 Å². The van der Waals surface area contributed by atoms with E-state index in [9.17, 15) is 9.59 Å². The monoisotopic (exact) mass is 484 g/mol.